The molecule has 1 aliphatic rings. The van der Waals surface area contributed by atoms with E-state index in [4.69, 9.17) is 4.74 Å². The first-order valence-corrected chi connectivity index (χ1v) is 4.49. The highest BCUT2D eigenvalue weighted by molar-refractivity contribution is 4.98. The van der Waals surface area contributed by atoms with Gasteiger partial charge in [0, 0.05) is 6.04 Å². The summed E-state index contributed by atoms with van der Waals surface area (Å²) in [4.78, 5) is 0. The summed E-state index contributed by atoms with van der Waals surface area (Å²) < 4.78 is 5.38. The molecule has 2 atom stereocenters. The average molecular weight is 167 g/mol. The molecule has 0 aromatic carbocycles. The van der Waals surface area contributed by atoms with Gasteiger partial charge < -0.3 is 10.1 Å². The van der Waals surface area contributed by atoms with Crippen LogP contribution in [0.15, 0.2) is 24.5 Å². The predicted octanol–water partition coefficient (Wildman–Crippen LogP) is 1.84. The van der Waals surface area contributed by atoms with Gasteiger partial charge in [-0.2, -0.15) is 0 Å². The molecule has 0 saturated heterocycles. The Bertz CT molecular complexity index is 175. The van der Waals surface area contributed by atoms with Gasteiger partial charge in [-0.15, -0.1) is 0 Å². The monoisotopic (exact) mass is 167 g/mol. The fourth-order valence-electron chi connectivity index (χ4n) is 1.08. The van der Waals surface area contributed by atoms with Crippen molar-refractivity contribution in [1.29, 1.82) is 0 Å². The summed E-state index contributed by atoms with van der Waals surface area (Å²) in [6, 6.07) is 0.430. The van der Waals surface area contributed by atoms with Gasteiger partial charge in [-0.05, 0) is 39.0 Å². The van der Waals surface area contributed by atoms with Crippen molar-refractivity contribution < 1.29 is 4.74 Å². The molecule has 2 unspecified atom stereocenters. The lowest BCUT2D eigenvalue weighted by Gasteiger charge is -2.16. The van der Waals surface area contributed by atoms with Crippen LogP contribution in [0.25, 0.3) is 0 Å². The molecule has 1 heterocycles. The number of hydrogen-bond donors (Lipinski definition) is 1. The minimum atomic E-state index is 0.283. The Morgan fingerprint density at radius 3 is 3.08 bits per heavy atom. The zero-order valence-corrected chi connectivity index (χ0v) is 7.79. The van der Waals surface area contributed by atoms with Crippen molar-refractivity contribution >= 4 is 0 Å². The molecule has 1 aliphatic heterocycles. The molecular weight excluding hydrogens is 150 g/mol. The molecule has 1 rings (SSSR count). The van der Waals surface area contributed by atoms with Crippen LogP contribution in [0.4, 0.5) is 0 Å². The fourth-order valence-corrected chi connectivity index (χ4v) is 1.08. The van der Waals surface area contributed by atoms with Gasteiger partial charge in [0.15, 0.2) is 0 Å². The summed E-state index contributed by atoms with van der Waals surface area (Å²) in [5.74, 6) is 0. The molecule has 0 saturated carbocycles. The lowest BCUT2D eigenvalue weighted by Crippen LogP contribution is -2.19. The first-order valence-electron chi connectivity index (χ1n) is 4.49. The first-order chi connectivity index (χ1) is 5.83. The second kappa shape index (κ2) is 4.99. The summed E-state index contributed by atoms with van der Waals surface area (Å²) in [5.41, 5.74) is 0. The Hall–Kier alpha value is -0.760. The number of nitrogens with one attached hydrogen (secondary N) is 1. The van der Waals surface area contributed by atoms with Crippen LogP contribution in [-0.2, 0) is 4.74 Å². The second-order valence-corrected chi connectivity index (χ2v) is 3.09. The van der Waals surface area contributed by atoms with Crippen LogP contribution in [0.3, 0.4) is 0 Å². The van der Waals surface area contributed by atoms with Crippen molar-refractivity contribution in [2.45, 2.75) is 31.9 Å². The summed E-state index contributed by atoms with van der Waals surface area (Å²) in [5, 5.41) is 3.14. The normalized spacial score (nSPS) is 25.7. The minimum Gasteiger partial charge on any atom is -0.494 e. The molecule has 0 aliphatic carbocycles. The van der Waals surface area contributed by atoms with Gasteiger partial charge in [-0.1, -0.05) is 6.08 Å². The van der Waals surface area contributed by atoms with Gasteiger partial charge >= 0.3 is 0 Å². The fraction of sp³-hybridized carbons (Fsp3) is 0.600. The molecule has 0 amide bonds. The Morgan fingerprint density at radius 1 is 1.67 bits per heavy atom. The Kier molecular flexibility index (Phi) is 3.88. The van der Waals surface area contributed by atoms with E-state index >= 15 is 0 Å². The molecule has 2 nitrogen and oxygen atoms in total. The average Bonchev–Trinajstić information content (AvgIpc) is 2.16. The number of hydrogen-bond acceptors (Lipinski definition) is 2. The van der Waals surface area contributed by atoms with E-state index in [1.165, 1.54) is 0 Å². The topological polar surface area (TPSA) is 21.3 Å². The highest BCUT2D eigenvalue weighted by Gasteiger charge is 2.05. The second-order valence-electron chi connectivity index (χ2n) is 3.09. The summed E-state index contributed by atoms with van der Waals surface area (Å²) >= 11 is 0. The molecule has 0 fully saturated rings. The highest BCUT2D eigenvalue weighted by Crippen LogP contribution is 2.11. The van der Waals surface area contributed by atoms with Gasteiger partial charge in [0.2, 0.25) is 0 Å². The zero-order valence-electron chi connectivity index (χ0n) is 7.79. The maximum Gasteiger partial charge on any atom is 0.116 e. The van der Waals surface area contributed by atoms with Crippen LogP contribution in [0.5, 0.6) is 0 Å². The third-order valence-corrected chi connectivity index (χ3v) is 2.04. The highest BCUT2D eigenvalue weighted by atomic mass is 16.5. The molecule has 2 heteroatoms. The lowest BCUT2D eigenvalue weighted by molar-refractivity contribution is 0.165. The lowest BCUT2D eigenvalue weighted by atomic mass is 10.1. The van der Waals surface area contributed by atoms with E-state index in [-0.39, 0.29) is 6.10 Å². The largest absolute Gasteiger partial charge is 0.494 e. The minimum absolute atomic E-state index is 0.283. The molecular formula is C10H17NO. The summed E-state index contributed by atoms with van der Waals surface area (Å²) in [6.45, 7) is 2.12. The van der Waals surface area contributed by atoms with E-state index in [9.17, 15) is 0 Å². The third kappa shape index (κ3) is 3.09. The molecule has 1 N–H and O–H groups in total. The van der Waals surface area contributed by atoms with Crippen LogP contribution in [0.2, 0.25) is 0 Å². The molecule has 0 bridgehead atoms. The molecule has 0 aromatic heterocycles. The summed E-state index contributed by atoms with van der Waals surface area (Å²) in [6.07, 6.45) is 10.6. The standard InChI is InChI=1S/C10H17NO/c1-9(11-2)6-7-10-5-3-4-8-12-10/h4,6-11H,3,5H2,1-2H3/b7-6+. The number of rotatable bonds is 3. The molecule has 68 valence electrons. The van der Waals surface area contributed by atoms with Gasteiger partial charge in [-0.3, -0.25) is 0 Å². The first kappa shape index (κ1) is 9.33. The molecule has 0 spiro atoms. The van der Waals surface area contributed by atoms with Crippen LogP contribution < -0.4 is 5.32 Å². The van der Waals surface area contributed by atoms with Gasteiger partial charge in [0.25, 0.3) is 0 Å². The molecule has 0 radical (unpaired) electrons. The van der Waals surface area contributed by atoms with Crippen LogP contribution >= 0.6 is 0 Å². The third-order valence-electron chi connectivity index (χ3n) is 2.04. The van der Waals surface area contributed by atoms with Crippen molar-refractivity contribution in [3.8, 4) is 0 Å². The Balaban J connectivity index is 2.29. The molecule has 12 heavy (non-hydrogen) atoms. The van der Waals surface area contributed by atoms with E-state index in [1.807, 2.05) is 7.05 Å². The van der Waals surface area contributed by atoms with E-state index in [2.05, 4.69) is 30.5 Å². The summed E-state index contributed by atoms with van der Waals surface area (Å²) in [7, 11) is 1.95. The van der Waals surface area contributed by atoms with Crippen LogP contribution in [-0.4, -0.2) is 19.2 Å². The number of ether oxygens (including phenoxy) is 1. The van der Waals surface area contributed by atoms with Gasteiger partial charge in [0.1, 0.15) is 6.10 Å². The van der Waals surface area contributed by atoms with E-state index < -0.39 is 0 Å². The predicted molar refractivity (Wildman–Crippen MR) is 50.9 cm³/mol. The van der Waals surface area contributed by atoms with Crippen molar-refractivity contribution in [3.63, 3.8) is 0 Å². The van der Waals surface area contributed by atoms with E-state index in [0.717, 1.165) is 12.8 Å². The van der Waals surface area contributed by atoms with E-state index in [0.29, 0.717) is 6.04 Å². The van der Waals surface area contributed by atoms with Crippen molar-refractivity contribution in [2.24, 2.45) is 0 Å². The van der Waals surface area contributed by atoms with Crippen molar-refractivity contribution in [1.82, 2.24) is 5.32 Å². The maximum absolute atomic E-state index is 5.38. The SMILES string of the molecule is CNC(C)/C=C/C1CCC=CO1. The maximum atomic E-state index is 5.38. The Labute approximate surface area is 74.3 Å². The number of likely N-dealkylation sites (N-methyl/N-ethyl adjacent to an activating group) is 1. The zero-order chi connectivity index (χ0) is 8.81. The molecule has 0 aromatic rings. The van der Waals surface area contributed by atoms with Crippen molar-refractivity contribution in [2.75, 3.05) is 7.05 Å². The van der Waals surface area contributed by atoms with Gasteiger partial charge in [0.05, 0.1) is 6.26 Å². The quantitative estimate of drug-likeness (QED) is 0.648. The Morgan fingerprint density at radius 2 is 2.50 bits per heavy atom. The smallest absolute Gasteiger partial charge is 0.116 e. The van der Waals surface area contributed by atoms with Crippen LogP contribution in [0, 0.1) is 0 Å². The van der Waals surface area contributed by atoms with Crippen molar-refractivity contribution in [3.05, 3.63) is 24.5 Å². The number of allylic oxidation sites excluding steroid dienone is 1. The van der Waals surface area contributed by atoms with Gasteiger partial charge in [-0.25, -0.2) is 0 Å². The van der Waals surface area contributed by atoms with E-state index in [1.54, 1.807) is 6.26 Å². The van der Waals surface area contributed by atoms with Crippen LogP contribution in [0.1, 0.15) is 19.8 Å².